The van der Waals surface area contributed by atoms with E-state index in [-0.39, 0.29) is 18.1 Å². The number of hydrogen-bond donors (Lipinski definition) is 0. The van der Waals surface area contributed by atoms with Crippen molar-refractivity contribution in [2.75, 3.05) is 27.3 Å². The van der Waals surface area contributed by atoms with E-state index in [2.05, 4.69) is 0 Å². The minimum absolute atomic E-state index is 0.0374. The van der Waals surface area contributed by atoms with Crippen molar-refractivity contribution in [1.82, 2.24) is 4.90 Å². The van der Waals surface area contributed by atoms with Crippen LogP contribution in [0.1, 0.15) is 36.5 Å². The Morgan fingerprint density at radius 2 is 1.82 bits per heavy atom. The Bertz CT molecular complexity index is 1080. The quantitative estimate of drug-likeness (QED) is 0.595. The number of ether oxygens (including phenoxy) is 4. The smallest absolute Gasteiger partial charge is 0.263 e. The molecule has 1 fully saturated rings. The van der Waals surface area contributed by atoms with E-state index in [1.165, 1.54) is 7.11 Å². The lowest BCUT2D eigenvalue weighted by molar-refractivity contribution is -0.141. The Kier molecular flexibility index (Phi) is 6.64. The fourth-order valence-corrected chi connectivity index (χ4v) is 4.79. The van der Waals surface area contributed by atoms with Gasteiger partial charge in [-0.3, -0.25) is 9.59 Å². The Morgan fingerprint density at radius 1 is 1.09 bits per heavy atom. The first-order valence-electron chi connectivity index (χ1n) is 10.6. The first-order valence-corrected chi connectivity index (χ1v) is 11.4. The molecule has 0 N–H and O–H groups in total. The molecule has 1 saturated heterocycles. The van der Waals surface area contributed by atoms with Crippen molar-refractivity contribution in [3.63, 3.8) is 0 Å². The second-order valence-corrected chi connectivity index (χ2v) is 9.09. The third-order valence-corrected chi connectivity index (χ3v) is 6.65. The van der Waals surface area contributed by atoms with Gasteiger partial charge in [0.1, 0.15) is 34.2 Å². The van der Waals surface area contributed by atoms with Gasteiger partial charge in [-0.1, -0.05) is 23.2 Å². The summed E-state index contributed by atoms with van der Waals surface area (Å²) >= 11 is 12.1. The van der Waals surface area contributed by atoms with Crippen LogP contribution >= 0.6 is 23.2 Å². The summed E-state index contributed by atoms with van der Waals surface area (Å²) < 4.78 is 22.8. The highest BCUT2D eigenvalue weighted by atomic mass is 35.5. The summed E-state index contributed by atoms with van der Waals surface area (Å²) in [6.07, 6.45) is 0.563. The van der Waals surface area contributed by atoms with E-state index in [1.54, 1.807) is 49.3 Å². The number of amides is 1. The van der Waals surface area contributed by atoms with Gasteiger partial charge in [0.25, 0.3) is 5.91 Å². The summed E-state index contributed by atoms with van der Waals surface area (Å²) in [5.41, 5.74) is -0.230. The number of benzene rings is 2. The van der Waals surface area contributed by atoms with Crippen LogP contribution in [0.15, 0.2) is 30.3 Å². The van der Waals surface area contributed by atoms with Crippen molar-refractivity contribution in [2.45, 2.75) is 37.9 Å². The number of fused-ring (bicyclic) bond motifs is 1. The second-order valence-electron chi connectivity index (χ2n) is 8.25. The van der Waals surface area contributed by atoms with E-state index in [0.717, 1.165) is 0 Å². The highest BCUT2D eigenvalue weighted by molar-refractivity contribution is 6.35. The van der Waals surface area contributed by atoms with E-state index in [9.17, 15) is 9.59 Å². The van der Waals surface area contributed by atoms with Crippen molar-refractivity contribution < 1.29 is 28.5 Å². The van der Waals surface area contributed by atoms with Crippen molar-refractivity contribution in [3.05, 3.63) is 45.9 Å². The van der Waals surface area contributed by atoms with Gasteiger partial charge in [0.15, 0.2) is 11.9 Å². The minimum atomic E-state index is -0.721. The number of halogens is 2. The van der Waals surface area contributed by atoms with Crippen LogP contribution in [0.25, 0.3) is 0 Å². The SMILES string of the molecule is COc1cc(OC)c2c(c1)OC1(CCN(C(=O)C(C)Oc3ccc(Cl)cc3Cl)CC1)CC2=O. The van der Waals surface area contributed by atoms with E-state index < -0.39 is 11.7 Å². The summed E-state index contributed by atoms with van der Waals surface area (Å²) in [6.45, 7) is 2.59. The Labute approximate surface area is 202 Å². The molecule has 0 aromatic heterocycles. The maximum atomic E-state index is 13.0. The van der Waals surface area contributed by atoms with E-state index in [0.29, 0.717) is 64.5 Å². The number of rotatable bonds is 5. The van der Waals surface area contributed by atoms with Crippen molar-refractivity contribution >= 4 is 34.9 Å². The number of hydrogen-bond acceptors (Lipinski definition) is 6. The third kappa shape index (κ3) is 4.70. The predicted octanol–water partition coefficient (Wildman–Crippen LogP) is 4.80. The lowest BCUT2D eigenvalue weighted by Gasteiger charge is -2.44. The normalized spacial score (nSPS) is 17.7. The van der Waals surface area contributed by atoms with Crippen LogP contribution in [0.5, 0.6) is 23.0 Å². The zero-order valence-electron chi connectivity index (χ0n) is 18.7. The van der Waals surface area contributed by atoms with Crippen molar-refractivity contribution in [3.8, 4) is 23.0 Å². The molecule has 1 unspecified atom stereocenters. The largest absolute Gasteiger partial charge is 0.496 e. The molecule has 0 radical (unpaired) electrons. The molecule has 2 aliphatic rings. The Balaban J connectivity index is 1.44. The Hall–Kier alpha value is -2.64. The summed E-state index contributed by atoms with van der Waals surface area (Å²) in [7, 11) is 3.06. The van der Waals surface area contributed by atoms with Crippen LogP contribution in [0, 0.1) is 0 Å². The van der Waals surface area contributed by atoms with E-state index in [1.807, 2.05) is 0 Å². The number of carbonyl (C=O) groups is 2. The first kappa shape index (κ1) is 23.5. The van der Waals surface area contributed by atoms with Gasteiger partial charge in [0, 0.05) is 43.1 Å². The number of likely N-dealkylation sites (tertiary alicyclic amines) is 1. The number of nitrogens with zero attached hydrogens (tertiary/aromatic N) is 1. The predicted molar refractivity (Wildman–Crippen MR) is 124 cm³/mol. The van der Waals surface area contributed by atoms with Gasteiger partial charge in [0.2, 0.25) is 0 Å². The lowest BCUT2D eigenvalue weighted by atomic mass is 9.82. The van der Waals surface area contributed by atoms with Gasteiger partial charge in [-0.2, -0.15) is 0 Å². The van der Waals surface area contributed by atoms with Crippen molar-refractivity contribution in [2.24, 2.45) is 0 Å². The molecule has 4 rings (SSSR count). The van der Waals surface area contributed by atoms with E-state index >= 15 is 0 Å². The van der Waals surface area contributed by atoms with Gasteiger partial charge in [-0.15, -0.1) is 0 Å². The topological polar surface area (TPSA) is 74.3 Å². The molecule has 1 atom stereocenters. The number of piperidine rings is 1. The van der Waals surface area contributed by atoms with Crippen LogP contribution in [0.3, 0.4) is 0 Å². The lowest BCUT2D eigenvalue weighted by Crippen LogP contribution is -2.54. The van der Waals surface area contributed by atoms with Gasteiger partial charge in [-0.05, 0) is 25.1 Å². The maximum absolute atomic E-state index is 13.0. The molecule has 0 saturated carbocycles. The molecule has 9 heteroatoms. The molecule has 2 aromatic rings. The third-order valence-electron chi connectivity index (χ3n) is 6.11. The monoisotopic (exact) mass is 493 g/mol. The van der Waals surface area contributed by atoms with Gasteiger partial charge >= 0.3 is 0 Å². The van der Waals surface area contributed by atoms with Crippen molar-refractivity contribution in [1.29, 1.82) is 0 Å². The average Bonchev–Trinajstić information content (AvgIpc) is 2.79. The summed E-state index contributed by atoms with van der Waals surface area (Å²) in [5.74, 6) is 1.65. The van der Waals surface area contributed by atoms with Crippen LogP contribution < -0.4 is 18.9 Å². The molecule has 2 aromatic carbocycles. The fraction of sp³-hybridized carbons (Fsp3) is 0.417. The zero-order valence-corrected chi connectivity index (χ0v) is 20.2. The van der Waals surface area contributed by atoms with Gasteiger partial charge in [0.05, 0.1) is 25.7 Å². The number of methoxy groups -OCH3 is 2. The molecular formula is C24H25Cl2NO6. The minimum Gasteiger partial charge on any atom is -0.496 e. The zero-order chi connectivity index (χ0) is 23.8. The molecule has 2 aliphatic heterocycles. The highest BCUT2D eigenvalue weighted by Crippen LogP contribution is 2.44. The maximum Gasteiger partial charge on any atom is 0.263 e. The molecule has 2 heterocycles. The average molecular weight is 494 g/mol. The summed E-state index contributed by atoms with van der Waals surface area (Å²) in [6, 6.07) is 8.25. The first-order chi connectivity index (χ1) is 15.7. The standard InChI is InChI=1S/C24H25Cl2NO6/c1-14(32-19-5-4-15(25)10-17(19)26)23(29)27-8-6-24(7-9-27)13-18(28)22-20(31-3)11-16(30-2)12-21(22)33-24/h4-5,10-12,14H,6-9,13H2,1-3H3. The van der Waals surface area contributed by atoms with E-state index in [4.69, 9.17) is 42.1 Å². The van der Waals surface area contributed by atoms with Crippen LogP contribution in [0.4, 0.5) is 0 Å². The molecule has 33 heavy (non-hydrogen) atoms. The highest BCUT2D eigenvalue weighted by Gasteiger charge is 2.45. The molecule has 176 valence electrons. The number of carbonyl (C=O) groups excluding carboxylic acids is 2. The number of Topliss-reactive ketones (excluding diaryl/α,β-unsaturated/α-hetero) is 1. The Morgan fingerprint density at radius 3 is 2.45 bits per heavy atom. The van der Waals surface area contributed by atoms with Gasteiger partial charge < -0.3 is 23.8 Å². The molecular weight excluding hydrogens is 469 g/mol. The molecule has 1 spiro atoms. The van der Waals surface area contributed by atoms with Crippen LogP contribution in [0.2, 0.25) is 10.0 Å². The molecule has 0 bridgehead atoms. The summed E-state index contributed by atoms with van der Waals surface area (Å²) in [5, 5.41) is 0.838. The van der Waals surface area contributed by atoms with Crippen LogP contribution in [-0.4, -0.2) is 55.6 Å². The summed E-state index contributed by atoms with van der Waals surface area (Å²) in [4.78, 5) is 27.7. The molecule has 7 nitrogen and oxygen atoms in total. The fourth-order valence-electron chi connectivity index (χ4n) is 4.33. The number of ketones is 1. The second kappa shape index (κ2) is 9.31. The molecule has 0 aliphatic carbocycles. The van der Waals surface area contributed by atoms with Crippen LogP contribution in [-0.2, 0) is 4.79 Å². The molecule has 1 amide bonds. The van der Waals surface area contributed by atoms with Gasteiger partial charge in [-0.25, -0.2) is 0 Å².